The summed E-state index contributed by atoms with van der Waals surface area (Å²) in [5.41, 5.74) is 0. The number of quaternary nitrogens is 2. The highest BCUT2D eigenvalue weighted by Crippen LogP contribution is 1.90. The van der Waals surface area contributed by atoms with E-state index >= 15 is 0 Å². The van der Waals surface area contributed by atoms with Crippen molar-refractivity contribution in [3.63, 3.8) is 0 Å². The SMILES string of the molecule is CCOC(=O)C[C@H]1C[NH+](C)CC[NH+]1C. The summed E-state index contributed by atoms with van der Waals surface area (Å²) in [6.07, 6.45) is 0.566. The average molecular weight is 202 g/mol. The van der Waals surface area contributed by atoms with Gasteiger partial charge >= 0.3 is 5.97 Å². The second-order valence-corrected chi connectivity index (χ2v) is 4.21. The van der Waals surface area contributed by atoms with Crippen molar-refractivity contribution in [2.45, 2.75) is 19.4 Å². The van der Waals surface area contributed by atoms with Crippen molar-refractivity contribution in [2.24, 2.45) is 0 Å². The van der Waals surface area contributed by atoms with Gasteiger partial charge in [-0.25, -0.2) is 0 Å². The summed E-state index contributed by atoms with van der Waals surface area (Å²) in [7, 11) is 4.35. The zero-order chi connectivity index (χ0) is 10.6. The van der Waals surface area contributed by atoms with E-state index in [9.17, 15) is 4.79 Å². The van der Waals surface area contributed by atoms with Crippen LogP contribution < -0.4 is 9.80 Å². The number of esters is 1. The van der Waals surface area contributed by atoms with Crippen LogP contribution >= 0.6 is 0 Å². The lowest BCUT2D eigenvalue weighted by Gasteiger charge is -2.31. The Morgan fingerprint density at radius 3 is 2.79 bits per heavy atom. The normalized spacial score (nSPS) is 32.6. The molecule has 0 saturated carbocycles. The number of likely N-dealkylation sites (N-methyl/N-ethyl adjacent to an activating group) is 2. The molecule has 14 heavy (non-hydrogen) atoms. The predicted molar refractivity (Wildman–Crippen MR) is 53.4 cm³/mol. The van der Waals surface area contributed by atoms with E-state index in [2.05, 4.69) is 14.1 Å². The summed E-state index contributed by atoms with van der Waals surface area (Å²) in [6, 6.07) is 0.433. The van der Waals surface area contributed by atoms with Gasteiger partial charge in [-0.3, -0.25) is 4.79 Å². The highest BCUT2D eigenvalue weighted by molar-refractivity contribution is 5.69. The van der Waals surface area contributed by atoms with Crippen molar-refractivity contribution in [3.05, 3.63) is 0 Å². The lowest BCUT2D eigenvalue weighted by atomic mass is 10.1. The fourth-order valence-corrected chi connectivity index (χ4v) is 1.98. The fourth-order valence-electron chi connectivity index (χ4n) is 1.98. The van der Waals surface area contributed by atoms with Crippen molar-refractivity contribution >= 4 is 5.97 Å². The molecular weight excluding hydrogens is 180 g/mol. The number of piperazine rings is 1. The Bertz CT molecular complexity index is 197. The number of hydrogen-bond donors (Lipinski definition) is 2. The molecule has 0 aromatic carbocycles. The predicted octanol–water partition coefficient (Wildman–Crippen LogP) is -2.65. The Morgan fingerprint density at radius 2 is 2.14 bits per heavy atom. The van der Waals surface area contributed by atoms with Crippen LogP contribution in [0.1, 0.15) is 13.3 Å². The maximum atomic E-state index is 11.3. The number of nitrogens with one attached hydrogen (secondary N) is 2. The van der Waals surface area contributed by atoms with E-state index in [4.69, 9.17) is 4.74 Å². The summed E-state index contributed by atoms with van der Waals surface area (Å²) in [4.78, 5) is 14.3. The van der Waals surface area contributed by atoms with Crippen LogP contribution in [0.25, 0.3) is 0 Å². The Hall–Kier alpha value is -0.610. The van der Waals surface area contributed by atoms with Crippen molar-refractivity contribution < 1.29 is 19.3 Å². The molecule has 2 unspecified atom stereocenters. The largest absolute Gasteiger partial charge is 0.466 e. The molecule has 2 N–H and O–H groups in total. The third-order valence-corrected chi connectivity index (χ3v) is 2.96. The van der Waals surface area contributed by atoms with Gasteiger partial charge in [-0.15, -0.1) is 0 Å². The van der Waals surface area contributed by atoms with Gasteiger partial charge in [0, 0.05) is 0 Å². The minimum Gasteiger partial charge on any atom is -0.466 e. The van der Waals surface area contributed by atoms with Crippen molar-refractivity contribution in [1.29, 1.82) is 0 Å². The molecule has 0 amide bonds. The molecule has 4 heteroatoms. The van der Waals surface area contributed by atoms with E-state index in [0.717, 1.165) is 13.1 Å². The van der Waals surface area contributed by atoms with Crippen LogP contribution in [-0.4, -0.2) is 52.3 Å². The molecule has 82 valence electrons. The van der Waals surface area contributed by atoms with E-state index in [1.807, 2.05) is 6.92 Å². The minimum atomic E-state index is -0.0495. The molecule has 0 aliphatic carbocycles. The molecule has 3 atom stereocenters. The van der Waals surface area contributed by atoms with Crippen LogP contribution in [0.3, 0.4) is 0 Å². The molecular formula is C10H22N2O2+2. The van der Waals surface area contributed by atoms with Crippen LogP contribution in [0.15, 0.2) is 0 Å². The average Bonchev–Trinajstić information content (AvgIpc) is 2.12. The Balaban J connectivity index is 2.37. The summed E-state index contributed by atoms with van der Waals surface area (Å²) in [5.74, 6) is -0.0495. The zero-order valence-corrected chi connectivity index (χ0v) is 9.43. The first-order chi connectivity index (χ1) is 6.63. The van der Waals surface area contributed by atoms with Crippen LogP contribution in [0.4, 0.5) is 0 Å². The molecule has 1 aliphatic heterocycles. The molecule has 4 nitrogen and oxygen atoms in total. The summed E-state index contributed by atoms with van der Waals surface area (Å²) >= 11 is 0. The molecule has 1 rings (SSSR count). The maximum Gasteiger partial charge on any atom is 0.312 e. The summed E-state index contributed by atoms with van der Waals surface area (Å²) in [6.45, 7) is 5.77. The highest BCUT2D eigenvalue weighted by atomic mass is 16.5. The first kappa shape index (κ1) is 11.5. The monoisotopic (exact) mass is 202 g/mol. The second kappa shape index (κ2) is 5.32. The Morgan fingerprint density at radius 1 is 1.43 bits per heavy atom. The van der Waals surface area contributed by atoms with Gasteiger partial charge in [0.2, 0.25) is 0 Å². The van der Waals surface area contributed by atoms with E-state index in [-0.39, 0.29) is 5.97 Å². The van der Waals surface area contributed by atoms with Gasteiger partial charge in [-0.05, 0) is 6.92 Å². The minimum absolute atomic E-state index is 0.0495. The van der Waals surface area contributed by atoms with Gasteiger partial charge in [0.15, 0.2) is 0 Å². The Labute approximate surface area is 85.8 Å². The van der Waals surface area contributed by atoms with Gasteiger partial charge in [-0.1, -0.05) is 0 Å². The topological polar surface area (TPSA) is 35.2 Å². The molecule has 1 heterocycles. The molecule has 1 saturated heterocycles. The third kappa shape index (κ3) is 3.27. The first-order valence-electron chi connectivity index (χ1n) is 5.42. The van der Waals surface area contributed by atoms with E-state index in [1.54, 1.807) is 0 Å². The fraction of sp³-hybridized carbons (Fsp3) is 0.900. The van der Waals surface area contributed by atoms with Crippen LogP contribution in [0.5, 0.6) is 0 Å². The van der Waals surface area contributed by atoms with E-state index in [1.165, 1.54) is 16.3 Å². The number of rotatable bonds is 3. The van der Waals surface area contributed by atoms with Gasteiger partial charge in [0.1, 0.15) is 32.1 Å². The summed E-state index contributed by atoms with van der Waals surface area (Å²) in [5, 5.41) is 0. The van der Waals surface area contributed by atoms with Gasteiger partial charge in [0.25, 0.3) is 0 Å². The van der Waals surface area contributed by atoms with Crippen LogP contribution in [0, 0.1) is 0 Å². The first-order valence-corrected chi connectivity index (χ1v) is 5.42. The van der Waals surface area contributed by atoms with Crippen molar-refractivity contribution in [2.75, 3.05) is 40.3 Å². The van der Waals surface area contributed by atoms with E-state index < -0.39 is 0 Å². The second-order valence-electron chi connectivity index (χ2n) is 4.21. The van der Waals surface area contributed by atoms with Gasteiger partial charge in [0.05, 0.1) is 20.7 Å². The van der Waals surface area contributed by atoms with Crippen molar-refractivity contribution in [1.82, 2.24) is 0 Å². The highest BCUT2D eigenvalue weighted by Gasteiger charge is 2.30. The van der Waals surface area contributed by atoms with E-state index in [0.29, 0.717) is 19.1 Å². The summed E-state index contributed by atoms with van der Waals surface area (Å²) < 4.78 is 4.97. The number of ether oxygens (including phenoxy) is 1. The van der Waals surface area contributed by atoms with Crippen LogP contribution in [-0.2, 0) is 9.53 Å². The molecule has 0 spiro atoms. The standard InChI is InChI=1S/C10H20N2O2/c1-4-14-10(13)7-9-8-11(2)5-6-12(9)3/h9H,4-8H2,1-3H3/p+2/t9-/m0/s1. The number of hydrogen-bond acceptors (Lipinski definition) is 2. The lowest BCUT2D eigenvalue weighted by molar-refractivity contribution is -1.01. The molecule has 0 bridgehead atoms. The van der Waals surface area contributed by atoms with Gasteiger partial charge < -0.3 is 14.5 Å². The number of carbonyl (C=O) groups excluding carboxylic acids is 1. The lowest BCUT2D eigenvalue weighted by Crippen LogP contribution is -3.28. The third-order valence-electron chi connectivity index (χ3n) is 2.96. The smallest absolute Gasteiger partial charge is 0.312 e. The van der Waals surface area contributed by atoms with Crippen molar-refractivity contribution in [3.8, 4) is 0 Å². The van der Waals surface area contributed by atoms with Crippen LogP contribution in [0.2, 0.25) is 0 Å². The number of carbonyl (C=O) groups is 1. The molecule has 0 radical (unpaired) electrons. The molecule has 1 aliphatic rings. The zero-order valence-electron chi connectivity index (χ0n) is 9.43. The molecule has 0 aromatic rings. The molecule has 0 aromatic heterocycles. The maximum absolute atomic E-state index is 11.3. The van der Waals surface area contributed by atoms with Gasteiger partial charge in [-0.2, -0.15) is 0 Å². The molecule has 1 fully saturated rings. The Kier molecular flexibility index (Phi) is 4.35. The quantitative estimate of drug-likeness (QED) is 0.490.